The molecule has 0 bridgehead atoms. The van der Waals surface area contributed by atoms with Gasteiger partial charge in [-0.2, -0.15) is 0 Å². The van der Waals surface area contributed by atoms with E-state index in [-0.39, 0.29) is 0 Å². The number of pyridine rings is 1. The summed E-state index contributed by atoms with van der Waals surface area (Å²) < 4.78 is 1.18. The maximum atomic E-state index is 4.26. The van der Waals surface area contributed by atoms with E-state index in [0.717, 1.165) is 5.65 Å². The van der Waals surface area contributed by atoms with Crippen molar-refractivity contribution in [2.45, 2.75) is 19.8 Å². The van der Waals surface area contributed by atoms with Crippen molar-refractivity contribution in [1.82, 2.24) is 9.97 Å². The fourth-order valence-electron chi connectivity index (χ4n) is 1.08. The molecule has 0 spiro atoms. The molecule has 0 saturated heterocycles. The topological polar surface area (TPSA) is 25.8 Å². The molecule has 2 aromatic heterocycles. The van der Waals surface area contributed by atoms with Crippen LogP contribution in [0.25, 0.3) is 10.3 Å². The number of fused-ring (bicyclic) bond motifs is 1. The van der Waals surface area contributed by atoms with E-state index in [9.17, 15) is 0 Å². The van der Waals surface area contributed by atoms with Crippen LogP contribution in [0.4, 0.5) is 0 Å². The third-order valence-corrected chi connectivity index (χ3v) is 2.64. The van der Waals surface area contributed by atoms with E-state index in [0.29, 0.717) is 5.92 Å². The number of hydrogen-bond donors (Lipinski definition) is 0. The molecule has 3 heteroatoms. The Labute approximate surface area is 75.3 Å². The van der Waals surface area contributed by atoms with E-state index >= 15 is 0 Å². The second kappa shape index (κ2) is 2.83. The summed E-state index contributed by atoms with van der Waals surface area (Å²) in [4.78, 5) is 8.39. The molecule has 0 N–H and O–H groups in total. The van der Waals surface area contributed by atoms with Gasteiger partial charge in [-0.05, 0) is 17.5 Å². The first-order valence-electron chi connectivity index (χ1n) is 3.96. The Morgan fingerprint density at radius 3 is 2.92 bits per heavy atom. The Hall–Kier alpha value is -0.960. The molecule has 0 saturated carbocycles. The van der Waals surface area contributed by atoms with Crippen LogP contribution in [0.2, 0.25) is 0 Å². The van der Waals surface area contributed by atoms with E-state index in [1.54, 1.807) is 11.3 Å². The summed E-state index contributed by atoms with van der Waals surface area (Å²) in [6.45, 7) is 4.34. The number of rotatable bonds is 1. The molecule has 2 heterocycles. The lowest BCUT2D eigenvalue weighted by atomic mass is 10.1. The number of hydrogen-bond acceptors (Lipinski definition) is 3. The summed E-state index contributed by atoms with van der Waals surface area (Å²) in [6.07, 6.45) is 1.91. The van der Waals surface area contributed by atoms with Gasteiger partial charge in [-0.25, -0.2) is 9.97 Å². The highest BCUT2D eigenvalue weighted by atomic mass is 32.1. The van der Waals surface area contributed by atoms with E-state index in [2.05, 4.69) is 29.9 Å². The number of thiazole rings is 1. The fraction of sp³-hybridized carbons (Fsp3) is 0.333. The van der Waals surface area contributed by atoms with Gasteiger partial charge in [-0.3, -0.25) is 0 Å². The number of nitrogens with zero attached hydrogens (tertiary/aromatic N) is 2. The average molecular weight is 178 g/mol. The van der Waals surface area contributed by atoms with Crippen LogP contribution >= 0.6 is 11.3 Å². The van der Waals surface area contributed by atoms with Crippen molar-refractivity contribution in [3.8, 4) is 0 Å². The smallest absolute Gasteiger partial charge is 0.170 e. The van der Waals surface area contributed by atoms with Crippen LogP contribution in [0.5, 0.6) is 0 Å². The van der Waals surface area contributed by atoms with Crippen LogP contribution in [0.1, 0.15) is 25.3 Å². The molecule has 0 radical (unpaired) electrons. The lowest BCUT2D eigenvalue weighted by Gasteiger charge is -2.02. The van der Waals surface area contributed by atoms with E-state index in [1.165, 1.54) is 10.3 Å². The molecule has 0 aliphatic rings. The van der Waals surface area contributed by atoms with Crippen LogP contribution in [0, 0.1) is 0 Å². The molecule has 0 aliphatic heterocycles. The molecule has 0 atom stereocenters. The SMILES string of the molecule is CC(C)c1cnc2ncsc2c1. The van der Waals surface area contributed by atoms with Crippen LogP contribution in [0.15, 0.2) is 17.8 Å². The van der Waals surface area contributed by atoms with Crippen molar-refractivity contribution < 1.29 is 0 Å². The van der Waals surface area contributed by atoms with Gasteiger partial charge in [-0.15, -0.1) is 11.3 Å². The predicted molar refractivity (Wildman–Crippen MR) is 51.5 cm³/mol. The third-order valence-electron chi connectivity index (χ3n) is 1.88. The van der Waals surface area contributed by atoms with Gasteiger partial charge in [0.2, 0.25) is 0 Å². The Morgan fingerprint density at radius 1 is 1.33 bits per heavy atom. The van der Waals surface area contributed by atoms with Gasteiger partial charge in [0, 0.05) is 6.20 Å². The minimum absolute atomic E-state index is 0.545. The summed E-state index contributed by atoms with van der Waals surface area (Å²) >= 11 is 1.65. The molecule has 0 aliphatic carbocycles. The Morgan fingerprint density at radius 2 is 2.17 bits per heavy atom. The summed E-state index contributed by atoms with van der Waals surface area (Å²) in [5, 5.41) is 0. The average Bonchev–Trinajstić information content (AvgIpc) is 2.49. The van der Waals surface area contributed by atoms with Crippen molar-refractivity contribution in [1.29, 1.82) is 0 Å². The molecule has 0 amide bonds. The summed E-state index contributed by atoms with van der Waals surface area (Å²) in [5.41, 5.74) is 3.98. The monoisotopic (exact) mass is 178 g/mol. The fourth-order valence-corrected chi connectivity index (χ4v) is 1.77. The van der Waals surface area contributed by atoms with Crippen LogP contribution in [-0.4, -0.2) is 9.97 Å². The lowest BCUT2D eigenvalue weighted by molar-refractivity contribution is 0.862. The molecule has 2 aromatic rings. The van der Waals surface area contributed by atoms with Crippen molar-refractivity contribution in [2.75, 3.05) is 0 Å². The first kappa shape index (κ1) is 7.68. The molecule has 2 nitrogen and oxygen atoms in total. The van der Waals surface area contributed by atoms with Crippen LogP contribution < -0.4 is 0 Å². The molecule has 0 fully saturated rings. The second-order valence-electron chi connectivity index (χ2n) is 3.10. The van der Waals surface area contributed by atoms with Gasteiger partial charge in [-0.1, -0.05) is 13.8 Å². The molecular weight excluding hydrogens is 168 g/mol. The van der Waals surface area contributed by atoms with Crippen molar-refractivity contribution in [2.24, 2.45) is 0 Å². The Kier molecular flexibility index (Phi) is 1.81. The zero-order valence-corrected chi connectivity index (χ0v) is 7.93. The molecule has 62 valence electrons. The minimum Gasteiger partial charge on any atom is -0.236 e. The van der Waals surface area contributed by atoms with E-state index < -0.39 is 0 Å². The highest BCUT2D eigenvalue weighted by molar-refractivity contribution is 7.16. The van der Waals surface area contributed by atoms with Gasteiger partial charge in [0.1, 0.15) is 0 Å². The quantitative estimate of drug-likeness (QED) is 0.671. The summed E-state index contributed by atoms with van der Waals surface area (Å²) in [7, 11) is 0. The maximum absolute atomic E-state index is 4.26. The molecular formula is C9H10N2S. The maximum Gasteiger partial charge on any atom is 0.170 e. The minimum atomic E-state index is 0.545. The van der Waals surface area contributed by atoms with E-state index in [1.807, 2.05) is 11.7 Å². The molecule has 12 heavy (non-hydrogen) atoms. The lowest BCUT2D eigenvalue weighted by Crippen LogP contribution is -1.87. The van der Waals surface area contributed by atoms with Crippen LogP contribution in [0.3, 0.4) is 0 Å². The highest BCUT2D eigenvalue weighted by Crippen LogP contribution is 2.20. The summed E-state index contributed by atoms with van der Waals surface area (Å²) in [5.74, 6) is 0.545. The third kappa shape index (κ3) is 1.20. The van der Waals surface area contributed by atoms with Gasteiger partial charge >= 0.3 is 0 Å². The Bertz CT molecular complexity index is 392. The van der Waals surface area contributed by atoms with Gasteiger partial charge in [0.15, 0.2) is 5.65 Å². The van der Waals surface area contributed by atoms with Gasteiger partial charge in [0.05, 0.1) is 10.2 Å². The normalized spacial score (nSPS) is 11.2. The zero-order chi connectivity index (χ0) is 8.55. The Balaban J connectivity index is 2.60. The van der Waals surface area contributed by atoms with Crippen molar-refractivity contribution in [3.63, 3.8) is 0 Å². The van der Waals surface area contributed by atoms with Gasteiger partial charge in [0.25, 0.3) is 0 Å². The first-order chi connectivity index (χ1) is 5.77. The van der Waals surface area contributed by atoms with Crippen LogP contribution in [-0.2, 0) is 0 Å². The number of aromatic nitrogens is 2. The van der Waals surface area contributed by atoms with Gasteiger partial charge < -0.3 is 0 Å². The van der Waals surface area contributed by atoms with Crippen molar-refractivity contribution >= 4 is 21.7 Å². The van der Waals surface area contributed by atoms with Crippen molar-refractivity contribution in [3.05, 3.63) is 23.3 Å². The molecule has 0 unspecified atom stereocenters. The van der Waals surface area contributed by atoms with E-state index in [4.69, 9.17) is 0 Å². The highest BCUT2D eigenvalue weighted by Gasteiger charge is 2.02. The second-order valence-corrected chi connectivity index (χ2v) is 3.98. The largest absolute Gasteiger partial charge is 0.236 e. The standard InChI is InChI=1S/C9H10N2S/c1-6(2)7-3-8-9(10-4-7)11-5-12-8/h3-6H,1-2H3. The molecule has 2 rings (SSSR count). The molecule has 0 aromatic carbocycles. The zero-order valence-electron chi connectivity index (χ0n) is 7.11. The predicted octanol–water partition coefficient (Wildman–Crippen LogP) is 2.81. The first-order valence-corrected chi connectivity index (χ1v) is 4.84. The summed E-state index contributed by atoms with van der Waals surface area (Å²) in [6, 6.07) is 2.17.